The molecule has 8 nitrogen and oxygen atoms in total. The third kappa shape index (κ3) is 3.92. The largest absolute Gasteiger partial charge is 0.497 e. The van der Waals surface area contributed by atoms with Crippen molar-refractivity contribution in [3.8, 4) is 17.5 Å². The zero-order valence-corrected chi connectivity index (χ0v) is 18.9. The molecule has 0 spiro atoms. The molecule has 0 saturated carbocycles. The Hall–Kier alpha value is -2.86. The van der Waals surface area contributed by atoms with Gasteiger partial charge in [-0.1, -0.05) is 37.2 Å². The number of nitrogens with zero attached hydrogens (tertiary/aromatic N) is 4. The van der Waals surface area contributed by atoms with E-state index in [1.807, 2.05) is 29.8 Å². The number of benzene rings is 1. The number of fused-ring (bicyclic) bond motifs is 1. The van der Waals surface area contributed by atoms with Gasteiger partial charge in [0.15, 0.2) is 0 Å². The van der Waals surface area contributed by atoms with Gasteiger partial charge in [0.2, 0.25) is 5.62 Å². The third-order valence-corrected chi connectivity index (χ3v) is 6.71. The van der Waals surface area contributed by atoms with Crippen molar-refractivity contribution in [3.05, 3.63) is 40.1 Å². The summed E-state index contributed by atoms with van der Waals surface area (Å²) in [4.78, 5) is 9.20. The molecule has 2 N–H and O–H groups in total. The van der Waals surface area contributed by atoms with E-state index in [-0.39, 0.29) is 18.7 Å². The number of rotatable bonds is 5. The molecule has 3 atom stereocenters. The molecule has 2 aliphatic rings. The van der Waals surface area contributed by atoms with Gasteiger partial charge in [-0.3, -0.25) is 5.43 Å². The standard InChI is InChI=1S/C21H26BClN6O2/c1-12-5-8-16(22(12)11-24)19-27-20-13(2)18(23)26-21(29(20)28-19)25-10-14-6-7-15(30-3)9-17(14)31-4/h6-7,9,12,16,19,27-28H,5,8,10H2,1-4H3/t12-,16?,19?/m0/s1. The van der Waals surface area contributed by atoms with E-state index in [2.05, 4.69) is 28.6 Å². The normalized spacial score (nSPS) is 22.5. The van der Waals surface area contributed by atoms with Crippen LogP contribution in [-0.4, -0.2) is 36.8 Å². The summed E-state index contributed by atoms with van der Waals surface area (Å²) in [5, 5.41) is 13.6. The first-order valence-electron chi connectivity index (χ1n) is 10.4. The highest BCUT2D eigenvalue weighted by Gasteiger charge is 2.44. The van der Waals surface area contributed by atoms with Crippen LogP contribution >= 0.6 is 11.6 Å². The van der Waals surface area contributed by atoms with Crippen LogP contribution in [0.25, 0.3) is 0 Å². The average molecular weight is 441 g/mol. The molecule has 0 bridgehead atoms. The Balaban J connectivity index is 1.66. The Kier molecular flexibility index (Phi) is 6.01. The highest BCUT2D eigenvalue weighted by atomic mass is 35.5. The summed E-state index contributed by atoms with van der Waals surface area (Å²) in [5.41, 5.74) is 5.69. The first-order valence-corrected chi connectivity index (χ1v) is 10.8. The van der Waals surface area contributed by atoms with Crippen molar-refractivity contribution in [2.24, 2.45) is 4.99 Å². The summed E-state index contributed by atoms with van der Waals surface area (Å²) in [5.74, 6) is 5.34. The zero-order chi connectivity index (χ0) is 22.1. The number of halogens is 1. The summed E-state index contributed by atoms with van der Waals surface area (Å²) >= 11 is 6.42. The Morgan fingerprint density at radius 1 is 1.35 bits per heavy atom. The van der Waals surface area contributed by atoms with Crippen molar-refractivity contribution in [2.45, 2.75) is 51.0 Å². The monoisotopic (exact) mass is 440 g/mol. The summed E-state index contributed by atoms with van der Waals surface area (Å²) < 4.78 is 12.6. The van der Waals surface area contributed by atoms with E-state index in [0.717, 1.165) is 35.5 Å². The van der Waals surface area contributed by atoms with Crippen molar-refractivity contribution in [1.29, 1.82) is 5.26 Å². The predicted octanol–water partition coefficient (Wildman–Crippen LogP) is 3.37. The number of methoxy groups -OCH3 is 2. The predicted molar refractivity (Wildman–Crippen MR) is 121 cm³/mol. The van der Waals surface area contributed by atoms with Gasteiger partial charge in [0.05, 0.1) is 20.8 Å². The molecule has 162 valence electrons. The molecule has 1 aromatic carbocycles. The molecule has 10 heteroatoms. The number of hydrogen-bond acceptors (Lipinski definition) is 7. The smallest absolute Gasteiger partial charge is 0.277 e. The van der Waals surface area contributed by atoms with Gasteiger partial charge in [-0.05, 0) is 24.9 Å². The fourth-order valence-corrected chi connectivity index (χ4v) is 4.65. The second-order valence-electron chi connectivity index (χ2n) is 8.13. The van der Waals surface area contributed by atoms with Gasteiger partial charge in [0.25, 0.3) is 6.71 Å². The molecule has 0 radical (unpaired) electrons. The quantitative estimate of drug-likeness (QED) is 0.546. The third-order valence-electron chi connectivity index (χ3n) is 6.34. The van der Waals surface area contributed by atoms with E-state index in [4.69, 9.17) is 26.1 Å². The Bertz CT molecular complexity index is 1100. The van der Waals surface area contributed by atoms with Crippen LogP contribution in [0.1, 0.15) is 30.9 Å². The van der Waals surface area contributed by atoms with Gasteiger partial charge in [-0.25, -0.2) is 14.9 Å². The van der Waals surface area contributed by atoms with Crippen LogP contribution in [0.5, 0.6) is 11.5 Å². The lowest BCUT2D eigenvalue weighted by molar-refractivity contribution is 0.391. The van der Waals surface area contributed by atoms with Crippen molar-refractivity contribution in [1.82, 2.24) is 9.66 Å². The maximum Gasteiger partial charge on any atom is 0.277 e. The Labute approximate surface area is 187 Å². The van der Waals surface area contributed by atoms with Crippen LogP contribution in [0.4, 0.5) is 5.82 Å². The summed E-state index contributed by atoms with van der Waals surface area (Å²) in [6.45, 7) is 4.45. The number of anilines is 1. The molecule has 4 rings (SSSR count). The lowest BCUT2D eigenvalue weighted by Gasteiger charge is -2.21. The van der Waals surface area contributed by atoms with E-state index in [9.17, 15) is 5.26 Å². The highest BCUT2D eigenvalue weighted by Crippen LogP contribution is 2.42. The minimum Gasteiger partial charge on any atom is -0.497 e. The summed E-state index contributed by atoms with van der Waals surface area (Å²) in [6.07, 6.45) is 1.97. The minimum atomic E-state index is -0.0713. The second kappa shape index (κ2) is 8.71. The molecule has 0 amide bonds. The molecule has 2 unspecified atom stereocenters. The molecule has 2 aliphatic heterocycles. The maximum absolute atomic E-state index is 9.65. The maximum atomic E-state index is 9.65. The van der Waals surface area contributed by atoms with E-state index in [1.165, 1.54) is 0 Å². The molecule has 3 heterocycles. The van der Waals surface area contributed by atoms with E-state index in [0.29, 0.717) is 28.9 Å². The molecule has 1 saturated heterocycles. The van der Waals surface area contributed by atoms with Gasteiger partial charge >= 0.3 is 0 Å². The van der Waals surface area contributed by atoms with Gasteiger partial charge in [0, 0.05) is 23.2 Å². The molecule has 2 aromatic rings. The molecule has 0 aliphatic carbocycles. The number of aromatic nitrogens is 2. The van der Waals surface area contributed by atoms with Crippen molar-refractivity contribution < 1.29 is 9.47 Å². The second-order valence-corrected chi connectivity index (χ2v) is 8.49. The first-order chi connectivity index (χ1) is 15.0. The van der Waals surface area contributed by atoms with E-state index in [1.54, 1.807) is 14.2 Å². The minimum absolute atomic E-state index is 0.00704. The van der Waals surface area contributed by atoms with Crippen LogP contribution in [0, 0.1) is 18.2 Å². The molecular weight excluding hydrogens is 415 g/mol. The SMILES string of the molecule is COc1ccc(CN=c2nc(Cl)c(C)c3n2NC(C2CC[C@H](C)B2C#N)N3)c(OC)c1. The van der Waals surface area contributed by atoms with Crippen molar-refractivity contribution in [3.63, 3.8) is 0 Å². The van der Waals surface area contributed by atoms with Gasteiger partial charge in [-0.15, -0.1) is 0 Å². The number of hydrogen-bond donors (Lipinski definition) is 2. The molecule has 31 heavy (non-hydrogen) atoms. The van der Waals surface area contributed by atoms with Crippen LogP contribution in [0.2, 0.25) is 16.8 Å². The van der Waals surface area contributed by atoms with E-state index < -0.39 is 0 Å². The Morgan fingerprint density at radius 3 is 2.87 bits per heavy atom. The number of nitriles is 1. The van der Waals surface area contributed by atoms with Crippen LogP contribution in [0.3, 0.4) is 0 Å². The van der Waals surface area contributed by atoms with Crippen molar-refractivity contribution in [2.75, 3.05) is 25.0 Å². The Morgan fingerprint density at radius 2 is 2.16 bits per heavy atom. The van der Waals surface area contributed by atoms with Crippen molar-refractivity contribution >= 4 is 24.1 Å². The molecule has 1 fully saturated rings. The molecule has 1 aromatic heterocycles. The summed E-state index contributed by atoms with van der Waals surface area (Å²) in [6, 6.07) is 5.63. The number of ether oxygens (including phenoxy) is 2. The van der Waals surface area contributed by atoms with Gasteiger partial charge in [-0.2, -0.15) is 4.98 Å². The van der Waals surface area contributed by atoms with Gasteiger partial charge in [0.1, 0.15) is 28.6 Å². The topological polar surface area (TPSA) is 96.5 Å². The fourth-order valence-electron chi connectivity index (χ4n) is 4.48. The van der Waals surface area contributed by atoms with Crippen LogP contribution < -0.4 is 25.8 Å². The fraction of sp³-hybridized carbons (Fsp3) is 0.476. The average Bonchev–Trinajstić information content (AvgIpc) is 3.38. The lowest BCUT2D eigenvalue weighted by atomic mass is 9.38. The van der Waals surface area contributed by atoms with Crippen LogP contribution in [-0.2, 0) is 6.54 Å². The highest BCUT2D eigenvalue weighted by molar-refractivity contribution is 6.70. The van der Waals surface area contributed by atoms with Gasteiger partial charge < -0.3 is 14.8 Å². The zero-order valence-electron chi connectivity index (χ0n) is 18.1. The van der Waals surface area contributed by atoms with Crippen LogP contribution in [0.15, 0.2) is 23.2 Å². The number of nitrogens with one attached hydrogen (secondary N) is 2. The first kappa shape index (κ1) is 21.4. The van der Waals surface area contributed by atoms with E-state index >= 15 is 0 Å². The lowest BCUT2D eigenvalue weighted by Crippen LogP contribution is -2.39. The molecular formula is C21H26BClN6O2. The summed E-state index contributed by atoms with van der Waals surface area (Å²) in [7, 11) is 3.24.